The van der Waals surface area contributed by atoms with E-state index in [4.69, 9.17) is 9.26 Å². The molecular formula is C17H23N3O4S. The molecule has 1 aromatic carbocycles. The van der Waals surface area contributed by atoms with Crippen LogP contribution in [0.4, 0.5) is 0 Å². The first kappa shape index (κ1) is 17.9. The lowest BCUT2D eigenvalue weighted by Crippen LogP contribution is -2.32. The molecule has 0 radical (unpaired) electrons. The molecule has 1 fully saturated rings. The van der Waals surface area contributed by atoms with E-state index in [1.54, 1.807) is 7.11 Å². The first-order chi connectivity index (χ1) is 12.0. The molecule has 1 unspecified atom stereocenters. The van der Waals surface area contributed by atoms with Gasteiger partial charge in [-0.3, -0.25) is 0 Å². The third-order valence-electron chi connectivity index (χ3n) is 4.39. The van der Waals surface area contributed by atoms with Crippen molar-refractivity contribution in [3.05, 3.63) is 30.2 Å². The van der Waals surface area contributed by atoms with Gasteiger partial charge in [-0.2, -0.15) is 9.29 Å². The van der Waals surface area contributed by atoms with E-state index in [0.717, 1.165) is 24.2 Å². The molecule has 0 bridgehead atoms. The molecule has 2 aromatic rings. The number of methoxy groups -OCH3 is 1. The second-order valence-corrected chi connectivity index (χ2v) is 8.16. The van der Waals surface area contributed by atoms with Crippen LogP contribution in [0.2, 0.25) is 0 Å². The van der Waals surface area contributed by atoms with Gasteiger partial charge < -0.3 is 9.26 Å². The van der Waals surface area contributed by atoms with Crippen LogP contribution in [0.3, 0.4) is 0 Å². The minimum absolute atomic E-state index is 0.166. The minimum Gasteiger partial charge on any atom is -0.497 e. The minimum atomic E-state index is -3.29. The monoisotopic (exact) mass is 365 g/mol. The number of rotatable bonds is 7. The maximum absolute atomic E-state index is 12.5. The summed E-state index contributed by atoms with van der Waals surface area (Å²) in [5, 5.41) is 4.02. The Morgan fingerprint density at radius 3 is 2.76 bits per heavy atom. The Morgan fingerprint density at radius 2 is 2.08 bits per heavy atom. The van der Waals surface area contributed by atoms with Gasteiger partial charge in [-0.25, -0.2) is 8.42 Å². The van der Waals surface area contributed by atoms with Gasteiger partial charge in [0, 0.05) is 12.1 Å². The highest BCUT2D eigenvalue weighted by atomic mass is 32.2. The van der Waals surface area contributed by atoms with Crippen LogP contribution >= 0.6 is 0 Å². The van der Waals surface area contributed by atoms with E-state index < -0.39 is 10.0 Å². The summed E-state index contributed by atoms with van der Waals surface area (Å²) in [6, 6.07) is 6.97. The summed E-state index contributed by atoms with van der Waals surface area (Å²) in [4.78, 5) is 4.44. The smallest absolute Gasteiger partial charge is 0.245 e. The van der Waals surface area contributed by atoms with Gasteiger partial charge in [-0.05, 0) is 43.5 Å². The highest BCUT2D eigenvalue weighted by Crippen LogP contribution is 2.34. The number of hydrogen-bond donors (Lipinski definition) is 0. The molecule has 1 saturated heterocycles. The molecule has 7 nitrogen and oxygen atoms in total. The lowest BCUT2D eigenvalue weighted by molar-refractivity contribution is 0.290. The Balaban J connectivity index is 1.80. The molecule has 1 aliphatic heterocycles. The molecule has 1 aromatic heterocycles. The second kappa shape index (κ2) is 7.53. The van der Waals surface area contributed by atoms with Gasteiger partial charge in [0.05, 0.1) is 12.9 Å². The van der Waals surface area contributed by atoms with Crippen molar-refractivity contribution in [2.45, 2.75) is 38.6 Å². The van der Waals surface area contributed by atoms with Crippen LogP contribution in [0.5, 0.6) is 5.75 Å². The average molecular weight is 365 g/mol. The number of ether oxygens (including phenoxy) is 1. The summed E-state index contributed by atoms with van der Waals surface area (Å²) < 4.78 is 37.1. The van der Waals surface area contributed by atoms with Gasteiger partial charge in [-0.15, -0.1) is 0 Å². The van der Waals surface area contributed by atoms with Crippen LogP contribution in [0.25, 0.3) is 11.4 Å². The van der Waals surface area contributed by atoms with Crippen molar-refractivity contribution in [3.8, 4) is 17.1 Å². The number of unbranched alkanes of at least 4 members (excludes halogenated alkanes) is 1. The fourth-order valence-corrected chi connectivity index (χ4v) is 4.87. The molecule has 0 amide bonds. The first-order valence-electron chi connectivity index (χ1n) is 8.52. The highest BCUT2D eigenvalue weighted by Gasteiger charge is 2.38. The zero-order chi connectivity index (χ0) is 17.9. The molecule has 136 valence electrons. The van der Waals surface area contributed by atoms with E-state index in [1.807, 2.05) is 31.2 Å². The Labute approximate surface area is 148 Å². The molecule has 0 N–H and O–H groups in total. The lowest BCUT2D eigenvalue weighted by Gasteiger charge is -2.21. The van der Waals surface area contributed by atoms with Crippen LogP contribution in [0, 0.1) is 0 Å². The molecule has 0 spiro atoms. The molecule has 2 heterocycles. The summed E-state index contributed by atoms with van der Waals surface area (Å²) >= 11 is 0. The van der Waals surface area contributed by atoms with Crippen molar-refractivity contribution in [1.29, 1.82) is 0 Å². The van der Waals surface area contributed by atoms with E-state index in [9.17, 15) is 8.42 Å². The van der Waals surface area contributed by atoms with Gasteiger partial charge in [-0.1, -0.05) is 18.5 Å². The maximum atomic E-state index is 12.5. The summed E-state index contributed by atoms with van der Waals surface area (Å²) in [5.41, 5.74) is 0.800. The van der Waals surface area contributed by atoms with Crippen LogP contribution in [0.1, 0.15) is 44.5 Å². The molecular weight excluding hydrogens is 342 g/mol. The standard InChI is InChI=1S/C17H23N3O4S/c1-3-4-12-25(21,22)20-11-5-6-15(20)17-18-16(19-24-17)13-7-9-14(23-2)10-8-13/h7-10,15H,3-6,11-12H2,1-2H3. The average Bonchev–Trinajstić information content (AvgIpc) is 3.29. The number of benzene rings is 1. The van der Waals surface area contributed by atoms with Crippen LogP contribution in [0.15, 0.2) is 28.8 Å². The van der Waals surface area contributed by atoms with E-state index in [1.165, 1.54) is 4.31 Å². The largest absolute Gasteiger partial charge is 0.497 e. The number of sulfonamides is 1. The van der Waals surface area contributed by atoms with Crippen molar-refractivity contribution in [3.63, 3.8) is 0 Å². The Kier molecular flexibility index (Phi) is 5.39. The zero-order valence-corrected chi connectivity index (χ0v) is 15.3. The van der Waals surface area contributed by atoms with Crippen molar-refractivity contribution in [1.82, 2.24) is 14.4 Å². The SMILES string of the molecule is CCCCS(=O)(=O)N1CCCC1c1nc(-c2ccc(OC)cc2)no1. The van der Waals surface area contributed by atoms with E-state index in [2.05, 4.69) is 10.1 Å². The second-order valence-electron chi connectivity index (χ2n) is 6.12. The number of nitrogens with zero attached hydrogens (tertiary/aromatic N) is 3. The lowest BCUT2D eigenvalue weighted by atomic mass is 10.2. The quantitative estimate of drug-likeness (QED) is 0.750. The predicted molar refractivity (Wildman–Crippen MR) is 93.7 cm³/mol. The predicted octanol–water partition coefficient (Wildman–Crippen LogP) is 3.01. The fraction of sp³-hybridized carbons (Fsp3) is 0.529. The van der Waals surface area contributed by atoms with Crippen molar-refractivity contribution in [2.75, 3.05) is 19.4 Å². The molecule has 1 aliphatic rings. The van der Waals surface area contributed by atoms with E-state index in [-0.39, 0.29) is 11.8 Å². The van der Waals surface area contributed by atoms with Crippen LogP contribution in [-0.4, -0.2) is 42.3 Å². The van der Waals surface area contributed by atoms with Crippen molar-refractivity contribution in [2.24, 2.45) is 0 Å². The molecule has 1 atom stereocenters. The Morgan fingerprint density at radius 1 is 1.32 bits per heavy atom. The molecule has 0 aliphatic carbocycles. The molecule has 8 heteroatoms. The highest BCUT2D eigenvalue weighted by molar-refractivity contribution is 7.89. The third kappa shape index (κ3) is 3.85. The number of hydrogen-bond acceptors (Lipinski definition) is 6. The molecule has 25 heavy (non-hydrogen) atoms. The molecule has 3 rings (SSSR count). The van der Waals surface area contributed by atoms with Gasteiger partial charge in [0.2, 0.25) is 21.7 Å². The summed E-state index contributed by atoms with van der Waals surface area (Å²) in [6.07, 6.45) is 3.01. The summed E-state index contributed by atoms with van der Waals surface area (Å²) in [5.74, 6) is 1.73. The van der Waals surface area contributed by atoms with Gasteiger partial charge in [0.1, 0.15) is 11.8 Å². The third-order valence-corrected chi connectivity index (χ3v) is 6.35. The van der Waals surface area contributed by atoms with Crippen molar-refractivity contribution < 1.29 is 17.7 Å². The summed E-state index contributed by atoms with van der Waals surface area (Å²) in [6.45, 7) is 2.49. The van der Waals surface area contributed by atoms with Crippen LogP contribution < -0.4 is 4.74 Å². The fourth-order valence-electron chi connectivity index (χ4n) is 2.99. The number of aromatic nitrogens is 2. The Hall–Kier alpha value is -1.93. The first-order valence-corrected chi connectivity index (χ1v) is 10.1. The van der Waals surface area contributed by atoms with E-state index >= 15 is 0 Å². The van der Waals surface area contributed by atoms with Gasteiger partial charge in [0.25, 0.3) is 0 Å². The zero-order valence-electron chi connectivity index (χ0n) is 14.5. The van der Waals surface area contributed by atoms with Crippen molar-refractivity contribution >= 4 is 10.0 Å². The maximum Gasteiger partial charge on any atom is 0.245 e. The normalized spacial score (nSPS) is 18.6. The van der Waals surface area contributed by atoms with Crippen LogP contribution in [-0.2, 0) is 10.0 Å². The van der Waals surface area contributed by atoms with E-state index in [0.29, 0.717) is 31.1 Å². The molecule has 0 saturated carbocycles. The van der Waals surface area contributed by atoms with Gasteiger partial charge >= 0.3 is 0 Å². The summed E-state index contributed by atoms with van der Waals surface area (Å²) in [7, 11) is -1.69. The topological polar surface area (TPSA) is 85.5 Å². The van der Waals surface area contributed by atoms with Gasteiger partial charge in [0.15, 0.2) is 0 Å². The Bertz CT molecular complexity index is 802.